The standard InChI is InChI=1S/C24H27N3O8/c1-4-34-17-10-8-16(9-11-17)25-20(28)14-35-24(31)15-12-21(29)27(13-15)26-23(30)22-18(32-2)6-5-7-19(22)33-3/h5-11,15H,4,12-14H2,1-3H3,(H,25,28)(H,26,30)/t15-/m1/s1. The third-order valence-electron chi connectivity index (χ3n) is 5.14. The van der Waals surface area contributed by atoms with Crippen molar-refractivity contribution in [3.63, 3.8) is 0 Å². The second kappa shape index (κ2) is 11.7. The van der Waals surface area contributed by atoms with Gasteiger partial charge in [-0.3, -0.25) is 29.6 Å². The molecule has 11 nitrogen and oxygen atoms in total. The van der Waals surface area contributed by atoms with Crippen molar-refractivity contribution < 1.29 is 38.1 Å². The highest BCUT2D eigenvalue weighted by atomic mass is 16.5. The van der Waals surface area contributed by atoms with Crippen LogP contribution in [0.15, 0.2) is 42.5 Å². The van der Waals surface area contributed by atoms with Gasteiger partial charge in [-0.25, -0.2) is 0 Å². The van der Waals surface area contributed by atoms with Gasteiger partial charge in [0.25, 0.3) is 11.8 Å². The van der Waals surface area contributed by atoms with Crippen LogP contribution in [0.5, 0.6) is 17.2 Å². The average Bonchev–Trinajstić information content (AvgIpc) is 3.23. The van der Waals surface area contributed by atoms with Gasteiger partial charge in [-0.1, -0.05) is 6.07 Å². The Labute approximate surface area is 202 Å². The first-order valence-corrected chi connectivity index (χ1v) is 10.9. The molecule has 0 aromatic heterocycles. The van der Waals surface area contributed by atoms with Crippen molar-refractivity contribution in [1.29, 1.82) is 0 Å². The van der Waals surface area contributed by atoms with Crippen molar-refractivity contribution in [2.45, 2.75) is 13.3 Å². The summed E-state index contributed by atoms with van der Waals surface area (Å²) in [4.78, 5) is 49.7. The Morgan fingerprint density at radius 2 is 1.69 bits per heavy atom. The second-order valence-corrected chi connectivity index (χ2v) is 7.50. The molecule has 35 heavy (non-hydrogen) atoms. The number of carbonyl (C=O) groups excluding carboxylic acids is 4. The van der Waals surface area contributed by atoms with E-state index in [0.29, 0.717) is 18.0 Å². The van der Waals surface area contributed by atoms with Crippen LogP contribution in [0.2, 0.25) is 0 Å². The van der Waals surface area contributed by atoms with E-state index in [9.17, 15) is 19.2 Å². The molecule has 3 rings (SSSR count). The fraction of sp³-hybridized carbons (Fsp3) is 0.333. The van der Waals surface area contributed by atoms with Crippen molar-refractivity contribution >= 4 is 29.4 Å². The quantitative estimate of drug-likeness (QED) is 0.487. The van der Waals surface area contributed by atoms with Gasteiger partial charge in [-0.2, -0.15) is 0 Å². The Bertz CT molecular complexity index is 1060. The predicted molar refractivity (Wildman–Crippen MR) is 124 cm³/mol. The highest BCUT2D eigenvalue weighted by molar-refractivity contribution is 6.01. The van der Waals surface area contributed by atoms with E-state index < -0.39 is 36.2 Å². The summed E-state index contributed by atoms with van der Waals surface area (Å²) in [6.07, 6.45) is -0.164. The number of esters is 1. The molecule has 1 heterocycles. The number of ether oxygens (including phenoxy) is 4. The van der Waals surface area contributed by atoms with Gasteiger partial charge in [-0.05, 0) is 43.3 Å². The van der Waals surface area contributed by atoms with Crippen molar-refractivity contribution in [2.24, 2.45) is 5.92 Å². The SMILES string of the molecule is CCOc1ccc(NC(=O)COC(=O)[C@@H]2CC(=O)N(NC(=O)c3c(OC)cccc3OC)C2)cc1. The van der Waals surface area contributed by atoms with E-state index in [1.165, 1.54) is 14.2 Å². The van der Waals surface area contributed by atoms with Crippen LogP contribution in [-0.2, 0) is 19.1 Å². The maximum absolute atomic E-state index is 12.8. The van der Waals surface area contributed by atoms with Crippen molar-refractivity contribution in [3.8, 4) is 17.2 Å². The lowest BCUT2D eigenvalue weighted by molar-refractivity contribution is -0.151. The number of methoxy groups -OCH3 is 2. The van der Waals surface area contributed by atoms with Crippen molar-refractivity contribution in [2.75, 3.05) is 39.3 Å². The Morgan fingerprint density at radius 1 is 1.03 bits per heavy atom. The zero-order valence-corrected chi connectivity index (χ0v) is 19.7. The molecule has 0 bridgehead atoms. The summed E-state index contributed by atoms with van der Waals surface area (Å²) in [7, 11) is 2.81. The highest BCUT2D eigenvalue weighted by Gasteiger charge is 2.37. The molecule has 1 saturated heterocycles. The van der Waals surface area contributed by atoms with E-state index in [-0.39, 0.29) is 30.0 Å². The third-order valence-corrected chi connectivity index (χ3v) is 5.14. The molecule has 11 heteroatoms. The summed E-state index contributed by atoms with van der Waals surface area (Å²) >= 11 is 0. The van der Waals surface area contributed by atoms with Gasteiger partial charge < -0.3 is 24.3 Å². The van der Waals surface area contributed by atoms with Gasteiger partial charge in [0.05, 0.1) is 33.3 Å². The summed E-state index contributed by atoms with van der Waals surface area (Å²) in [6, 6.07) is 11.6. The zero-order valence-electron chi connectivity index (χ0n) is 19.7. The number of rotatable bonds is 10. The van der Waals surface area contributed by atoms with Crippen LogP contribution >= 0.6 is 0 Å². The number of amides is 3. The number of nitrogens with zero attached hydrogens (tertiary/aromatic N) is 1. The summed E-state index contributed by atoms with van der Waals surface area (Å²) in [6.45, 7) is 1.79. The first-order chi connectivity index (χ1) is 16.9. The summed E-state index contributed by atoms with van der Waals surface area (Å²) < 4.78 is 20.8. The lowest BCUT2D eigenvalue weighted by Gasteiger charge is -2.19. The molecule has 2 N–H and O–H groups in total. The molecule has 2 aromatic carbocycles. The van der Waals surface area contributed by atoms with Gasteiger partial charge in [-0.15, -0.1) is 0 Å². The monoisotopic (exact) mass is 485 g/mol. The Kier molecular flexibility index (Phi) is 8.49. The number of anilines is 1. The fourth-order valence-electron chi connectivity index (χ4n) is 3.48. The first-order valence-electron chi connectivity index (χ1n) is 10.9. The number of carbonyl (C=O) groups is 4. The van der Waals surface area contributed by atoms with E-state index in [2.05, 4.69) is 10.7 Å². The maximum atomic E-state index is 12.8. The minimum absolute atomic E-state index is 0.0959. The van der Waals surface area contributed by atoms with Gasteiger partial charge in [0.1, 0.15) is 22.8 Å². The minimum atomic E-state index is -0.833. The number of hydrazine groups is 1. The van der Waals surface area contributed by atoms with Crippen LogP contribution in [-0.4, -0.2) is 62.7 Å². The Balaban J connectivity index is 1.51. The summed E-state index contributed by atoms with van der Waals surface area (Å²) in [5.74, 6) is -1.97. The molecular formula is C24H27N3O8. The number of hydrogen-bond donors (Lipinski definition) is 2. The van der Waals surface area contributed by atoms with Gasteiger partial charge in [0, 0.05) is 12.1 Å². The van der Waals surface area contributed by atoms with E-state index in [4.69, 9.17) is 18.9 Å². The molecule has 1 atom stereocenters. The topological polar surface area (TPSA) is 132 Å². The molecule has 0 spiro atoms. The van der Waals surface area contributed by atoms with Gasteiger partial charge in [0.2, 0.25) is 5.91 Å². The Morgan fingerprint density at radius 3 is 2.29 bits per heavy atom. The number of hydrogen-bond acceptors (Lipinski definition) is 8. The molecule has 1 fully saturated rings. The highest BCUT2D eigenvalue weighted by Crippen LogP contribution is 2.28. The minimum Gasteiger partial charge on any atom is -0.496 e. The lowest BCUT2D eigenvalue weighted by atomic mass is 10.1. The van der Waals surface area contributed by atoms with Crippen LogP contribution in [0.25, 0.3) is 0 Å². The molecule has 3 amide bonds. The molecular weight excluding hydrogens is 458 g/mol. The summed E-state index contributed by atoms with van der Waals surface area (Å²) in [5, 5.41) is 3.65. The van der Waals surface area contributed by atoms with E-state index in [0.717, 1.165) is 5.01 Å². The van der Waals surface area contributed by atoms with E-state index >= 15 is 0 Å². The molecule has 0 saturated carbocycles. The normalized spacial score (nSPS) is 14.8. The average molecular weight is 485 g/mol. The Hall–Kier alpha value is -4.28. The zero-order chi connectivity index (χ0) is 25.4. The summed E-state index contributed by atoms with van der Waals surface area (Å²) in [5.41, 5.74) is 3.11. The van der Waals surface area contributed by atoms with Crippen LogP contribution in [0, 0.1) is 5.92 Å². The molecule has 1 aliphatic rings. The van der Waals surface area contributed by atoms with E-state index in [1.807, 2.05) is 6.92 Å². The number of benzene rings is 2. The molecule has 0 aliphatic carbocycles. The predicted octanol–water partition coefficient (Wildman–Crippen LogP) is 1.78. The van der Waals surface area contributed by atoms with Crippen LogP contribution < -0.4 is 25.0 Å². The van der Waals surface area contributed by atoms with Gasteiger partial charge in [0.15, 0.2) is 6.61 Å². The van der Waals surface area contributed by atoms with E-state index in [1.54, 1.807) is 42.5 Å². The number of nitrogens with one attached hydrogen (secondary N) is 2. The van der Waals surface area contributed by atoms with Crippen molar-refractivity contribution in [3.05, 3.63) is 48.0 Å². The third kappa shape index (κ3) is 6.40. The first kappa shape index (κ1) is 25.3. The smallest absolute Gasteiger partial charge is 0.311 e. The molecule has 2 aromatic rings. The largest absolute Gasteiger partial charge is 0.496 e. The molecule has 186 valence electrons. The van der Waals surface area contributed by atoms with Crippen molar-refractivity contribution in [1.82, 2.24) is 10.4 Å². The molecule has 1 aliphatic heterocycles. The van der Waals surface area contributed by atoms with Gasteiger partial charge >= 0.3 is 5.97 Å². The molecule has 0 unspecified atom stereocenters. The van der Waals surface area contributed by atoms with Crippen LogP contribution in [0.1, 0.15) is 23.7 Å². The molecule has 0 radical (unpaired) electrons. The lowest BCUT2D eigenvalue weighted by Crippen LogP contribution is -2.43. The maximum Gasteiger partial charge on any atom is 0.311 e. The second-order valence-electron chi connectivity index (χ2n) is 7.50. The van der Waals surface area contributed by atoms with Crippen LogP contribution in [0.4, 0.5) is 5.69 Å². The van der Waals surface area contributed by atoms with Crippen LogP contribution in [0.3, 0.4) is 0 Å². The fourth-order valence-corrected chi connectivity index (χ4v) is 3.48.